The number of fused-ring (bicyclic) bond motifs is 1. The molecule has 1 atom stereocenters. The average Bonchev–Trinajstić information content (AvgIpc) is 3.74. The molecule has 2 saturated heterocycles. The van der Waals surface area contributed by atoms with Crippen molar-refractivity contribution in [1.82, 2.24) is 19.4 Å². The Morgan fingerprint density at radius 1 is 0.778 bits per heavy atom. The standard InChI is InChI=1S/C42H49N5O6S/c1-51-37-29-32(30-38(52-2)39(37)53-3)40(48)46-24-20-42(31-46,33-13-6-4-7-14-33)19-23-44-21-12-22-45(26-25-44)41-43-35-17-10-11-18-36(35)47(41)27-28-54(49,50)34-15-8-5-9-16-34/h4-11,13-18,29-30H,12,19-28,31H2,1-3H3. The smallest absolute Gasteiger partial charge is 0.254 e. The Kier molecular flexibility index (Phi) is 11.1. The number of methoxy groups -OCH3 is 3. The fourth-order valence-electron chi connectivity index (χ4n) is 8.06. The number of rotatable bonds is 13. The van der Waals surface area contributed by atoms with Gasteiger partial charge in [0.2, 0.25) is 11.7 Å². The van der Waals surface area contributed by atoms with Crippen molar-refractivity contribution in [3.8, 4) is 17.2 Å². The van der Waals surface area contributed by atoms with Gasteiger partial charge in [0.1, 0.15) is 0 Å². The first-order chi connectivity index (χ1) is 26.2. The highest BCUT2D eigenvalue weighted by molar-refractivity contribution is 7.91. The summed E-state index contributed by atoms with van der Waals surface area (Å²) in [6.45, 7) is 5.86. The van der Waals surface area contributed by atoms with Gasteiger partial charge in [-0.3, -0.25) is 4.79 Å². The second-order valence-electron chi connectivity index (χ2n) is 14.2. The van der Waals surface area contributed by atoms with Crippen molar-refractivity contribution < 1.29 is 27.4 Å². The molecule has 12 heteroatoms. The van der Waals surface area contributed by atoms with Crippen molar-refractivity contribution in [2.75, 3.05) is 77.8 Å². The lowest BCUT2D eigenvalue weighted by atomic mass is 9.76. The fraction of sp³-hybridized carbons (Fsp3) is 0.381. The van der Waals surface area contributed by atoms with E-state index in [2.05, 4.69) is 38.6 Å². The largest absolute Gasteiger partial charge is 0.493 e. The zero-order valence-electron chi connectivity index (χ0n) is 31.3. The van der Waals surface area contributed by atoms with E-state index < -0.39 is 9.84 Å². The molecule has 0 bridgehead atoms. The molecule has 1 unspecified atom stereocenters. The topological polar surface area (TPSA) is 106 Å². The number of aromatic nitrogens is 2. The van der Waals surface area contributed by atoms with E-state index in [-0.39, 0.29) is 17.1 Å². The van der Waals surface area contributed by atoms with Crippen LogP contribution in [0.2, 0.25) is 0 Å². The van der Waals surface area contributed by atoms with Crippen LogP contribution in [-0.4, -0.2) is 107 Å². The molecule has 4 aromatic carbocycles. The fourth-order valence-corrected chi connectivity index (χ4v) is 9.29. The van der Waals surface area contributed by atoms with Crippen LogP contribution >= 0.6 is 0 Å². The van der Waals surface area contributed by atoms with Crippen molar-refractivity contribution >= 4 is 32.7 Å². The Bertz CT molecular complexity index is 2150. The molecule has 0 spiro atoms. The van der Waals surface area contributed by atoms with Crippen LogP contribution < -0.4 is 19.1 Å². The van der Waals surface area contributed by atoms with Gasteiger partial charge in [-0.15, -0.1) is 0 Å². The Balaban J connectivity index is 1.06. The normalized spacial score (nSPS) is 18.1. The van der Waals surface area contributed by atoms with Gasteiger partial charge in [-0.05, 0) is 74.3 Å². The summed E-state index contributed by atoms with van der Waals surface area (Å²) in [6.07, 6.45) is 2.73. The number of para-hydroxylation sites is 2. The van der Waals surface area contributed by atoms with Crippen molar-refractivity contribution in [2.24, 2.45) is 0 Å². The SMILES string of the molecule is COc1cc(C(=O)N2CCC(CCN3CCCN(c4nc5ccccc5n4CCS(=O)(=O)c4ccccc4)CC3)(c3ccccc3)C2)cc(OC)c1OC. The molecule has 11 nitrogen and oxygen atoms in total. The number of carbonyl (C=O) groups is 1. The molecule has 2 aliphatic rings. The highest BCUT2D eigenvalue weighted by atomic mass is 32.2. The van der Waals surface area contributed by atoms with Gasteiger partial charge in [0.05, 0.1) is 43.0 Å². The maximum Gasteiger partial charge on any atom is 0.254 e. The minimum absolute atomic E-state index is 0.00895. The maximum absolute atomic E-state index is 14.0. The van der Waals surface area contributed by atoms with E-state index >= 15 is 0 Å². The lowest BCUT2D eigenvalue weighted by Gasteiger charge is -2.33. The zero-order valence-corrected chi connectivity index (χ0v) is 32.1. The Morgan fingerprint density at radius 3 is 2.17 bits per heavy atom. The number of likely N-dealkylation sites (tertiary alicyclic amines) is 1. The van der Waals surface area contributed by atoms with Crippen molar-refractivity contribution in [3.63, 3.8) is 0 Å². The molecular formula is C42H49N5O6S. The molecule has 5 aromatic rings. The molecule has 1 amide bonds. The molecule has 2 aliphatic heterocycles. The molecule has 7 rings (SSSR count). The summed E-state index contributed by atoms with van der Waals surface area (Å²) in [7, 11) is 1.20. The molecule has 0 aliphatic carbocycles. The number of imidazole rings is 1. The first-order valence-electron chi connectivity index (χ1n) is 18.6. The van der Waals surface area contributed by atoms with E-state index in [1.165, 1.54) is 5.56 Å². The van der Waals surface area contributed by atoms with Gasteiger partial charge in [-0.2, -0.15) is 0 Å². The van der Waals surface area contributed by atoms with E-state index in [4.69, 9.17) is 19.2 Å². The number of nitrogens with zero attached hydrogens (tertiary/aromatic N) is 5. The number of hydrogen-bond donors (Lipinski definition) is 0. The Labute approximate surface area is 318 Å². The number of amides is 1. The van der Waals surface area contributed by atoms with E-state index in [9.17, 15) is 13.2 Å². The van der Waals surface area contributed by atoms with Crippen LogP contribution in [0.15, 0.2) is 102 Å². The highest BCUT2D eigenvalue weighted by Gasteiger charge is 2.42. The van der Waals surface area contributed by atoms with E-state index in [0.29, 0.717) is 47.3 Å². The number of ether oxygens (including phenoxy) is 3. The first kappa shape index (κ1) is 37.3. The molecule has 0 radical (unpaired) electrons. The van der Waals surface area contributed by atoms with Gasteiger partial charge < -0.3 is 33.5 Å². The zero-order chi connectivity index (χ0) is 37.7. The van der Waals surface area contributed by atoms with Crippen LogP contribution in [-0.2, 0) is 21.8 Å². The summed E-state index contributed by atoms with van der Waals surface area (Å²) >= 11 is 0. The number of carbonyl (C=O) groups excluding carboxylic acids is 1. The van der Waals surface area contributed by atoms with Crippen molar-refractivity contribution in [3.05, 3.63) is 108 Å². The third kappa shape index (κ3) is 7.63. The second kappa shape index (κ2) is 16.1. The van der Waals surface area contributed by atoms with Gasteiger partial charge in [0.15, 0.2) is 21.3 Å². The number of aryl methyl sites for hydroxylation is 1. The van der Waals surface area contributed by atoms with E-state index in [1.54, 1.807) is 57.7 Å². The summed E-state index contributed by atoms with van der Waals surface area (Å²) in [4.78, 5) is 26.2. The molecule has 3 heterocycles. The Morgan fingerprint density at radius 2 is 1.46 bits per heavy atom. The molecular weight excluding hydrogens is 703 g/mol. The Hall–Kier alpha value is -5.07. The summed E-state index contributed by atoms with van der Waals surface area (Å²) in [6, 6.07) is 30.7. The first-order valence-corrected chi connectivity index (χ1v) is 20.3. The average molecular weight is 752 g/mol. The number of hydrogen-bond acceptors (Lipinski definition) is 9. The summed E-state index contributed by atoms with van der Waals surface area (Å²) < 4.78 is 45.2. The van der Waals surface area contributed by atoms with Crippen molar-refractivity contribution in [1.29, 1.82) is 0 Å². The monoisotopic (exact) mass is 751 g/mol. The molecule has 2 fully saturated rings. The van der Waals surface area contributed by atoms with Gasteiger partial charge in [-0.25, -0.2) is 13.4 Å². The van der Waals surface area contributed by atoms with Gasteiger partial charge in [-0.1, -0.05) is 60.7 Å². The third-order valence-electron chi connectivity index (χ3n) is 11.0. The van der Waals surface area contributed by atoms with E-state index in [1.807, 2.05) is 41.3 Å². The highest BCUT2D eigenvalue weighted by Crippen LogP contribution is 2.41. The minimum atomic E-state index is -3.46. The van der Waals surface area contributed by atoms with Gasteiger partial charge in [0, 0.05) is 50.2 Å². The lowest BCUT2D eigenvalue weighted by Crippen LogP contribution is -2.39. The molecule has 0 saturated carbocycles. The summed E-state index contributed by atoms with van der Waals surface area (Å²) in [5.74, 6) is 2.12. The number of benzene rings is 4. The molecule has 284 valence electrons. The third-order valence-corrected chi connectivity index (χ3v) is 12.7. The van der Waals surface area contributed by atoms with Crippen LogP contribution in [0, 0.1) is 0 Å². The molecule has 0 N–H and O–H groups in total. The summed E-state index contributed by atoms with van der Waals surface area (Å²) in [5, 5.41) is 0. The van der Waals surface area contributed by atoms with Crippen LogP contribution in [0.1, 0.15) is 35.2 Å². The summed E-state index contributed by atoms with van der Waals surface area (Å²) in [5.41, 5.74) is 3.36. The molecule has 54 heavy (non-hydrogen) atoms. The van der Waals surface area contributed by atoms with Crippen molar-refractivity contribution in [2.45, 2.75) is 36.1 Å². The molecule has 1 aromatic heterocycles. The number of anilines is 1. The van der Waals surface area contributed by atoms with Gasteiger partial charge >= 0.3 is 0 Å². The van der Waals surface area contributed by atoms with Gasteiger partial charge in [0.25, 0.3) is 5.91 Å². The second-order valence-corrected chi connectivity index (χ2v) is 16.3. The maximum atomic E-state index is 14.0. The van der Waals surface area contributed by atoms with E-state index in [0.717, 1.165) is 69.0 Å². The predicted octanol–water partition coefficient (Wildman–Crippen LogP) is 5.92. The number of sulfone groups is 1. The quantitative estimate of drug-likeness (QED) is 0.145. The van der Waals surface area contributed by atoms with Crippen LogP contribution in [0.25, 0.3) is 11.0 Å². The minimum Gasteiger partial charge on any atom is -0.493 e. The van der Waals surface area contributed by atoms with Crippen LogP contribution in [0.4, 0.5) is 5.95 Å². The predicted molar refractivity (Wildman–Crippen MR) is 211 cm³/mol. The lowest BCUT2D eigenvalue weighted by molar-refractivity contribution is 0.0780. The van der Waals surface area contributed by atoms with Crippen LogP contribution in [0.5, 0.6) is 17.2 Å². The van der Waals surface area contributed by atoms with Crippen LogP contribution in [0.3, 0.4) is 0 Å².